The Morgan fingerprint density at radius 3 is 2.86 bits per heavy atom. The maximum Gasteiger partial charge on any atom is 0.275 e. The van der Waals surface area contributed by atoms with Crippen molar-refractivity contribution in [3.8, 4) is 0 Å². The van der Waals surface area contributed by atoms with E-state index in [1.165, 1.54) is 0 Å². The van der Waals surface area contributed by atoms with Crippen molar-refractivity contribution in [2.45, 2.75) is 26.4 Å². The Kier molecular flexibility index (Phi) is 5.14. The van der Waals surface area contributed by atoms with Crippen LogP contribution in [0.4, 0.5) is 5.69 Å². The molecule has 0 bridgehead atoms. The smallest absolute Gasteiger partial charge is 0.275 e. The zero-order valence-corrected chi connectivity index (χ0v) is 13.6. The van der Waals surface area contributed by atoms with Gasteiger partial charge in [-0.1, -0.05) is 22.9 Å². The maximum atomic E-state index is 11.2. The van der Waals surface area contributed by atoms with Crippen LogP contribution >= 0.6 is 15.9 Å². The lowest BCUT2D eigenvalue weighted by atomic mass is 10.1. The molecule has 2 rings (SSSR count). The molecule has 1 aromatic carbocycles. The molecule has 0 aliphatic carbocycles. The van der Waals surface area contributed by atoms with Gasteiger partial charge >= 0.3 is 0 Å². The van der Waals surface area contributed by atoms with Gasteiger partial charge < -0.3 is 9.88 Å². The van der Waals surface area contributed by atoms with E-state index >= 15 is 0 Å². The second kappa shape index (κ2) is 6.87. The SMILES string of the molecule is CCNC(C)c1cccn1Cc1ccc(Br)cc1[N+](=O)[O-]. The summed E-state index contributed by atoms with van der Waals surface area (Å²) in [7, 11) is 0. The van der Waals surface area contributed by atoms with Crippen LogP contribution in [0.15, 0.2) is 41.0 Å². The van der Waals surface area contributed by atoms with Crippen LogP contribution in [0.3, 0.4) is 0 Å². The molecule has 5 nitrogen and oxygen atoms in total. The molecule has 6 heteroatoms. The number of rotatable bonds is 6. The first-order valence-electron chi connectivity index (χ1n) is 6.84. The van der Waals surface area contributed by atoms with Gasteiger partial charge in [0, 0.05) is 34.0 Å². The number of aromatic nitrogens is 1. The van der Waals surface area contributed by atoms with E-state index in [0.717, 1.165) is 12.2 Å². The van der Waals surface area contributed by atoms with Crippen molar-refractivity contribution in [2.24, 2.45) is 0 Å². The van der Waals surface area contributed by atoms with Gasteiger partial charge in [-0.2, -0.15) is 0 Å². The molecule has 112 valence electrons. The number of nitrogens with zero attached hydrogens (tertiary/aromatic N) is 2. The van der Waals surface area contributed by atoms with Gasteiger partial charge in [0.15, 0.2) is 0 Å². The molecule has 21 heavy (non-hydrogen) atoms. The highest BCUT2D eigenvalue weighted by Gasteiger charge is 2.16. The molecule has 0 radical (unpaired) electrons. The molecule has 0 fully saturated rings. The summed E-state index contributed by atoms with van der Waals surface area (Å²) in [6.07, 6.45) is 1.95. The number of hydrogen-bond donors (Lipinski definition) is 1. The normalized spacial score (nSPS) is 12.3. The Morgan fingerprint density at radius 1 is 1.43 bits per heavy atom. The highest BCUT2D eigenvalue weighted by Crippen LogP contribution is 2.25. The standard InChI is InChI=1S/C15H18BrN3O2/c1-3-17-11(2)14-5-4-8-18(14)10-12-6-7-13(16)9-15(12)19(20)21/h4-9,11,17H,3,10H2,1-2H3. The monoisotopic (exact) mass is 351 g/mol. The van der Waals surface area contributed by atoms with E-state index in [2.05, 4.69) is 35.1 Å². The van der Waals surface area contributed by atoms with Gasteiger partial charge in [-0.25, -0.2) is 0 Å². The Hall–Kier alpha value is -1.66. The van der Waals surface area contributed by atoms with Crippen LogP contribution in [0.5, 0.6) is 0 Å². The third-order valence-electron chi connectivity index (χ3n) is 3.40. The third-order valence-corrected chi connectivity index (χ3v) is 3.90. The van der Waals surface area contributed by atoms with Gasteiger partial charge in [0.1, 0.15) is 0 Å². The molecule has 1 heterocycles. The fraction of sp³-hybridized carbons (Fsp3) is 0.333. The Morgan fingerprint density at radius 2 is 2.19 bits per heavy atom. The zero-order valence-electron chi connectivity index (χ0n) is 12.0. The molecule has 0 saturated carbocycles. The predicted octanol–water partition coefficient (Wildman–Crippen LogP) is 3.88. The second-order valence-electron chi connectivity index (χ2n) is 4.87. The van der Waals surface area contributed by atoms with E-state index in [1.807, 2.05) is 29.0 Å². The van der Waals surface area contributed by atoms with Crippen molar-refractivity contribution in [2.75, 3.05) is 6.54 Å². The number of nitro benzene ring substituents is 1. The third kappa shape index (κ3) is 3.71. The van der Waals surface area contributed by atoms with E-state index < -0.39 is 0 Å². The van der Waals surface area contributed by atoms with Gasteiger partial charge in [-0.3, -0.25) is 10.1 Å². The highest BCUT2D eigenvalue weighted by molar-refractivity contribution is 9.10. The van der Waals surface area contributed by atoms with Crippen molar-refractivity contribution in [1.82, 2.24) is 9.88 Å². The molecule has 0 aliphatic heterocycles. The average Bonchev–Trinajstić information content (AvgIpc) is 2.89. The molecule has 1 atom stereocenters. The van der Waals surface area contributed by atoms with Crippen LogP contribution in [-0.2, 0) is 6.54 Å². The van der Waals surface area contributed by atoms with E-state index in [-0.39, 0.29) is 16.7 Å². The van der Waals surface area contributed by atoms with Gasteiger partial charge in [0.05, 0.1) is 11.5 Å². The van der Waals surface area contributed by atoms with Gasteiger partial charge in [-0.15, -0.1) is 0 Å². The minimum atomic E-state index is -0.336. The zero-order chi connectivity index (χ0) is 15.4. The van der Waals surface area contributed by atoms with Crippen molar-refractivity contribution >= 4 is 21.6 Å². The largest absolute Gasteiger partial charge is 0.345 e. The first kappa shape index (κ1) is 15.7. The highest BCUT2D eigenvalue weighted by atomic mass is 79.9. The molecular weight excluding hydrogens is 334 g/mol. The van der Waals surface area contributed by atoms with Crippen LogP contribution in [0.25, 0.3) is 0 Å². The van der Waals surface area contributed by atoms with Crippen molar-refractivity contribution < 1.29 is 4.92 Å². The van der Waals surface area contributed by atoms with Gasteiger partial charge in [-0.05, 0) is 37.7 Å². The maximum absolute atomic E-state index is 11.2. The number of hydrogen-bond acceptors (Lipinski definition) is 3. The summed E-state index contributed by atoms with van der Waals surface area (Å²) in [5.74, 6) is 0. The molecule has 0 spiro atoms. The Labute approximate surface area is 132 Å². The number of nitrogens with one attached hydrogen (secondary N) is 1. The number of benzene rings is 1. The summed E-state index contributed by atoms with van der Waals surface area (Å²) in [6.45, 7) is 5.51. The lowest BCUT2D eigenvalue weighted by Gasteiger charge is -2.16. The quantitative estimate of drug-likeness (QED) is 0.634. The number of halogens is 1. The van der Waals surface area contributed by atoms with E-state index in [4.69, 9.17) is 0 Å². The fourth-order valence-corrected chi connectivity index (χ4v) is 2.75. The summed E-state index contributed by atoms with van der Waals surface area (Å²) in [5, 5.41) is 14.5. The first-order valence-corrected chi connectivity index (χ1v) is 7.63. The summed E-state index contributed by atoms with van der Waals surface area (Å²) in [6, 6.07) is 9.39. The molecule has 0 amide bonds. The molecule has 1 aromatic heterocycles. The minimum absolute atomic E-state index is 0.139. The topological polar surface area (TPSA) is 60.1 Å². The van der Waals surface area contributed by atoms with Crippen molar-refractivity contribution in [1.29, 1.82) is 0 Å². The minimum Gasteiger partial charge on any atom is -0.345 e. The van der Waals surface area contributed by atoms with Crippen LogP contribution in [0.2, 0.25) is 0 Å². The summed E-state index contributed by atoms with van der Waals surface area (Å²) < 4.78 is 2.76. The van der Waals surface area contributed by atoms with Crippen LogP contribution in [0, 0.1) is 10.1 Å². The van der Waals surface area contributed by atoms with Crippen LogP contribution in [0.1, 0.15) is 31.1 Å². The van der Waals surface area contributed by atoms with Gasteiger partial charge in [0.2, 0.25) is 0 Å². The molecular formula is C15H18BrN3O2. The average molecular weight is 352 g/mol. The second-order valence-corrected chi connectivity index (χ2v) is 5.79. The molecule has 0 saturated heterocycles. The molecule has 1 unspecified atom stereocenters. The predicted molar refractivity (Wildman–Crippen MR) is 86.4 cm³/mol. The van der Waals surface area contributed by atoms with Gasteiger partial charge in [0.25, 0.3) is 5.69 Å². The Bertz CT molecular complexity index is 640. The molecule has 2 aromatic rings. The summed E-state index contributed by atoms with van der Waals surface area (Å²) in [5.41, 5.74) is 1.96. The lowest BCUT2D eigenvalue weighted by Crippen LogP contribution is -2.21. The molecule has 0 aliphatic rings. The fourth-order valence-electron chi connectivity index (χ4n) is 2.40. The van der Waals surface area contributed by atoms with Crippen molar-refractivity contribution in [3.05, 3.63) is 62.4 Å². The lowest BCUT2D eigenvalue weighted by molar-refractivity contribution is -0.385. The first-order chi connectivity index (χ1) is 10.0. The summed E-state index contributed by atoms with van der Waals surface area (Å²) >= 11 is 3.28. The van der Waals surface area contributed by atoms with Crippen LogP contribution in [-0.4, -0.2) is 16.0 Å². The van der Waals surface area contributed by atoms with E-state index in [9.17, 15) is 10.1 Å². The molecule has 1 N–H and O–H groups in total. The Balaban J connectivity index is 2.31. The van der Waals surface area contributed by atoms with E-state index in [1.54, 1.807) is 12.1 Å². The van der Waals surface area contributed by atoms with Crippen LogP contribution < -0.4 is 5.32 Å². The number of nitro groups is 1. The summed E-state index contributed by atoms with van der Waals surface area (Å²) in [4.78, 5) is 10.9. The van der Waals surface area contributed by atoms with Crippen molar-refractivity contribution in [3.63, 3.8) is 0 Å². The van der Waals surface area contributed by atoms with E-state index in [0.29, 0.717) is 16.6 Å².